The van der Waals surface area contributed by atoms with Crippen molar-refractivity contribution in [1.29, 1.82) is 0 Å². The SMILES string of the molecule is O=[S@](c1nc2ccccc2[nH]1)[C@@H]1CCNC1. The summed E-state index contributed by atoms with van der Waals surface area (Å²) < 4.78 is 12.2. The first-order valence-corrected chi connectivity index (χ1v) is 6.62. The molecule has 16 heavy (non-hydrogen) atoms. The summed E-state index contributed by atoms with van der Waals surface area (Å²) in [5, 5.41) is 4.02. The van der Waals surface area contributed by atoms with Crippen LogP contribution < -0.4 is 5.32 Å². The first-order valence-electron chi connectivity index (χ1n) is 5.40. The summed E-state index contributed by atoms with van der Waals surface area (Å²) in [7, 11) is -1.02. The van der Waals surface area contributed by atoms with Crippen LogP contribution in [0, 0.1) is 0 Å². The van der Waals surface area contributed by atoms with Gasteiger partial charge in [-0.25, -0.2) is 4.98 Å². The zero-order chi connectivity index (χ0) is 11.0. The standard InChI is InChI=1S/C11H13N3OS/c15-16(8-5-6-12-7-8)11-13-9-3-1-2-4-10(9)14-11/h1-4,8,12H,5-7H2,(H,13,14)/t8-,16+/m1/s1. The van der Waals surface area contributed by atoms with Crippen LogP contribution in [0.2, 0.25) is 0 Å². The Labute approximate surface area is 95.9 Å². The lowest BCUT2D eigenvalue weighted by Crippen LogP contribution is -2.19. The topological polar surface area (TPSA) is 57.8 Å². The fourth-order valence-corrected chi connectivity index (χ4v) is 3.31. The Morgan fingerprint density at radius 3 is 3.00 bits per heavy atom. The van der Waals surface area contributed by atoms with Crippen molar-refractivity contribution in [2.24, 2.45) is 0 Å². The minimum atomic E-state index is -1.02. The molecular formula is C11H13N3OS. The summed E-state index contributed by atoms with van der Waals surface area (Å²) in [6.07, 6.45) is 0.962. The molecule has 0 amide bonds. The maximum Gasteiger partial charge on any atom is 0.197 e. The molecule has 1 aromatic heterocycles. The lowest BCUT2D eigenvalue weighted by molar-refractivity contribution is 0.666. The second-order valence-electron chi connectivity index (χ2n) is 3.97. The Kier molecular flexibility index (Phi) is 2.49. The summed E-state index contributed by atoms with van der Waals surface area (Å²) in [6.45, 7) is 1.78. The van der Waals surface area contributed by atoms with Crippen molar-refractivity contribution in [3.8, 4) is 0 Å². The number of fused-ring (bicyclic) bond motifs is 1. The molecule has 1 aliphatic rings. The fourth-order valence-electron chi connectivity index (χ4n) is 1.99. The highest BCUT2D eigenvalue weighted by Gasteiger charge is 2.24. The van der Waals surface area contributed by atoms with E-state index in [2.05, 4.69) is 15.3 Å². The van der Waals surface area contributed by atoms with Crippen molar-refractivity contribution < 1.29 is 4.21 Å². The van der Waals surface area contributed by atoms with Gasteiger partial charge in [0.05, 0.1) is 27.1 Å². The van der Waals surface area contributed by atoms with E-state index in [9.17, 15) is 4.21 Å². The number of rotatable bonds is 2. The van der Waals surface area contributed by atoms with Gasteiger partial charge in [-0.1, -0.05) is 12.1 Å². The van der Waals surface area contributed by atoms with Gasteiger partial charge in [0.1, 0.15) is 0 Å². The number of hydrogen-bond acceptors (Lipinski definition) is 3. The monoisotopic (exact) mass is 235 g/mol. The van der Waals surface area contributed by atoms with Gasteiger partial charge >= 0.3 is 0 Å². The molecule has 2 N–H and O–H groups in total. The molecule has 1 aromatic carbocycles. The lowest BCUT2D eigenvalue weighted by atomic mass is 10.3. The van der Waals surface area contributed by atoms with E-state index in [0.29, 0.717) is 5.16 Å². The number of imidazole rings is 1. The van der Waals surface area contributed by atoms with Crippen LogP contribution in [0.25, 0.3) is 11.0 Å². The molecule has 1 fully saturated rings. The van der Waals surface area contributed by atoms with Crippen LogP contribution in [0.15, 0.2) is 29.4 Å². The van der Waals surface area contributed by atoms with E-state index >= 15 is 0 Å². The minimum Gasteiger partial charge on any atom is -0.331 e. The van der Waals surface area contributed by atoms with Gasteiger partial charge in [0.2, 0.25) is 0 Å². The van der Waals surface area contributed by atoms with Crippen LogP contribution in [-0.2, 0) is 10.8 Å². The number of nitrogens with zero attached hydrogens (tertiary/aromatic N) is 1. The van der Waals surface area contributed by atoms with Gasteiger partial charge < -0.3 is 10.3 Å². The van der Waals surface area contributed by atoms with E-state index in [1.165, 1.54) is 0 Å². The van der Waals surface area contributed by atoms with Crippen molar-refractivity contribution >= 4 is 21.8 Å². The van der Waals surface area contributed by atoms with Gasteiger partial charge in [0.15, 0.2) is 5.16 Å². The van der Waals surface area contributed by atoms with Crippen LogP contribution in [-0.4, -0.2) is 32.5 Å². The molecule has 84 valence electrons. The average molecular weight is 235 g/mol. The number of para-hydroxylation sites is 2. The highest BCUT2D eigenvalue weighted by Crippen LogP contribution is 2.17. The Balaban J connectivity index is 1.96. The van der Waals surface area contributed by atoms with E-state index in [-0.39, 0.29) is 5.25 Å². The molecular weight excluding hydrogens is 222 g/mol. The van der Waals surface area contributed by atoms with Crippen molar-refractivity contribution in [3.63, 3.8) is 0 Å². The molecule has 0 saturated carbocycles. The third-order valence-electron chi connectivity index (χ3n) is 2.88. The zero-order valence-corrected chi connectivity index (χ0v) is 9.59. The number of benzene rings is 1. The van der Waals surface area contributed by atoms with Crippen LogP contribution in [0.5, 0.6) is 0 Å². The number of aromatic amines is 1. The normalized spacial score (nSPS) is 22.6. The van der Waals surface area contributed by atoms with Crippen molar-refractivity contribution in [3.05, 3.63) is 24.3 Å². The van der Waals surface area contributed by atoms with Gasteiger partial charge in [-0.2, -0.15) is 0 Å². The smallest absolute Gasteiger partial charge is 0.197 e. The van der Waals surface area contributed by atoms with Crippen LogP contribution in [0.3, 0.4) is 0 Å². The van der Waals surface area contributed by atoms with E-state index in [4.69, 9.17) is 0 Å². The molecule has 2 heterocycles. The first kappa shape index (κ1) is 9.99. The third kappa shape index (κ3) is 1.66. The number of hydrogen-bond donors (Lipinski definition) is 2. The number of aromatic nitrogens is 2. The summed E-state index contributed by atoms with van der Waals surface area (Å²) in [5.74, 6) is 0. The molecule has 1 aliphatic heterocycles. The van der Waals surface area contributed by atoms with E-state index in [1.807, 2.05) is 24.3 Å². The second kappa shape index (κ2) is 3.99. The maximum atomic E-state index is 12.2. The van der Waals surface area contributed by atoms with E-state index in [1.54, 1.807) is 0 Å². The van der Waals surface area contributed by atoms with Crippen LogP contribution in [0.4, 0.5) is 0 Å². The van der Waals surface area contributed by atoms with E-state index in [0.717, 1.165) is 30.5 Å². The third-order valence-corrected chi connectivity index (χ3v) is 4.46. The Bertz CT molecular complexity index is 498. The Hall–Kier alpha value is -1.20. The molecule has 0 bridgehead atoms. The van der Waals surface area contributed by atoms with Gasteiger partial charge in [0.25, 0.3) is 0 Å². The predicted octanol–water partition coefficient (Wildman–Crippen LogP) is 1.03. The maximum absolute atomic E-state index is 12.2. The minimum absolute atomic E-state index is 0.195. The highest BCUT2D eigenvalue weighted by molar-refractivity contribution is 7.85. The summed E-state index contributed by atoms with van der Waals surface area (Å²) in [4.78, 5) is 7.51. The van der Waals surface area contributed by atoms with Crippen LogP contribution >= 0.6 is 0 Å². The van der Waals surface area contributed by atoms with Gasteiger partial charge in [0, 0.05) is 6.54 Å². The highest BCUT2D eigenvalue weighted by atomic mass is 32.2. The molecule has 0 aliphatic carbocycles. The molecule has 0 radical (unpaired) electrons. The molecule has 0 unspecified atom stereocenters. The predicted molar refractivity (Wildman–Crippen MR) is 63.8 cm³/mol. The second-order valence-corrected chi connectivity index (χ2v) is 5.62. The first-order chi connectivity index (χ1) is 7.84. The fraction of sp³-hybridized carbons (Fsp3) is 0.364. The molecule has 3 rings (SSSR count). The van der Waals surface area contributed by atoms with Gasteiger partial charge in [-0.3, -0.25) is 4.21 Å². The van der Waals surface area contributed by atoms with Gasteiger partial charge in [-0.05, 0) is 25.1 Å². The van der Waals surface area contributed by atoms with Crippen LogP contribution in [0.1, 0.15) is 6.42 Å². The van der Waals surface area contributed by atoms with Crippen molar-refractivity contribution in [1.82, 2.24) is 15.3 Å². The molecule has 2 atom stereocenters. The lowest BCUT2D eigenvalue weighted by Gasteiger charge is -2.04. The Morgan fingerprint density at radius 1 is 1.38 bits per heavy atom. The van der Waals surface area contributed by atoms with Gasteiger partial charge in [-0.15, -0.1) is 0 Å². The number of nitrogens with one attached hydrogen (secondary N) is 2. The largest absolute Gasteiger partial charge is 0.331 e. The molecule has 4 nitrogen and oxygen atoms in total. The average Bonchev–Trinajstić information content (AvgIpc) is 2.97. The summed E-state index contributed by atoms with van der Waals surface area (Å²) >= 11 is 0. The van der Waals surface area contributed by atoms with Crippen molar-refractivity contribution in [2.45, 2.75) is 16.8 Å². The van der Waals surface area contributed by atoms with E-state index < -0.39 is 10.8 Å². The summed E-state index contributed by atoms with van der Waals surface area (Å²) in [6, 6.07) is 7.77. The molecule has 5 heteroatoms. The molecule has 0 spiro atoms. The molecule has 2 aromatic rings. The molecule has 1 saturated heterocycles. The van der Waals surface area contributed by atoms with Crippen molar-refractivity contribution in [2.75, 3.05) is 13.1 Å². The zero-order valence-electron chi connectivity index (χ0n) is 8.77. The summed E-state index contributed by atoms with van der Waals surface area (Å²) in [5.41, 5.74) is 1.84. The Morgan fingerprint density at radius 2 is 2.25 bits per heavy atom. The quantitative estimate of drug-likeness (QED) is 0.817. The number of H-pyrrole nitrogens is 1.